The minimum absolute atomic E-state index is 0.00364. The minimum atomic E-state index is -0.104. The fraction of sp³-hybridized carbons (Fsp3) is 0.500. The van der Waals surface area contributed by atoms with Crippen LogP contribution in [0.1, 0.15) is 49.4 Å². The molecule has 21 heavy (non-hydrogen) atoms. The van der Waals surface area contributed by atoms with Crippen molar-refractivity contribution < 1.29 is 19.1 Å². The Hall–Kier alpha value is -2.04. The lowest BCUT2D eigenvalue weighted by Crippen LogP contribution is -2.25. The Morgan fingerprint density at radius 1 is 1.10 bits per heavy atom. The van der Waals surface area contributed by atoms with E-state index in [-0.39, 0.29) is 24.4 Å². The maximum Gasteiger partial charge on any atom is 0.231 e. The summed E-state index contributed by atoms with van der Waals surface area (Å²) in [5, 5.41) is 2.90. The van der Waals surface area contributed by atoms with E-state index in [4.69, 9.17) is 9.47 Å². The average molecular weight is 289 g/mol. The molecule has 0 saturated heterocycles. The van der Waals surface area contributed by atoms with Crippen molar-refractivity contribution in [1.82, 2.24) is 0 Å². The fourth-order valence-electron chi connectivity index (χ4n) is 2.94. The number of carbonyl (C=O) groups is 2. The first-order valence-corrected chi connectivity index (χ1v) is 7.40. The number of rotatable bonds is 3. The van der Waals surface area contributed by atoms with Crippen LogP contribution in [0.25, 0.3) is 0 Å². The quantitative estimate of drug-likeness (QED) is 0.868. The molecule has 112 valence electrons. The molecule has 1 fully saturated rings. The molecule has 1 N–H and O–H groups in total. The second-order valence-electron chi connectivity index (χ2n) is 5.63. The van der Waals surface area contributed by atoms with Crippen LogP contribution in [-0.4, -0.2) is 18.5 Å². The van der Waals surface area contributed by atoms with Crippen molar-refractivity contribution >= 4 is 17.4 Å². The summed E-state index contributed by atoms with van der Waals surface area (Å²) in [7, 11) is 0. The van der Waals surface area contributed by atoms with Gasteiger partial charge in [0, 0.05) is 17.5 Å². The van der Waals surface area contributed by atoms with E-state index in [9.17, 15) is 9.59 Å². The van der Waals surface area contributed by atoms with Gasteiger partial charge < -0.3 is 14.8 Å². The topological polar surface area (TPSA) is 64.6 Å². The van der Waals surface area contributed by atoms with Crippen LogP contribution in [0.2, 0.25) is 0 Å². The average Bonchev–Trinajstić information content (AvgIpc) is 2.94. The van der Waals surface area contributed by atoms with Gasteiger partial charge in [-0.2, -0.15) is 0 Å². The molecule has 1 aliphatic heterocycles. The third-order valence-corrected chi connectivity index (χ3v) is 4.13. The molecule has 0 atom stereocenters. The Balaban J connectivity index is 1.83. The first kappa shape index (κ1) is 13.9. The van der Waals surface area contributed by atoms with Gasteiger partial charge in [-0.25, -0.2) is 0 Å². The van der Waals surface area contributed by atoms with E-state index in [1.165, 1.54) is 13.3 Å². The van der Waals surface area contributed by atoms with E-state index in [2.05, 4.69) is 5.32 Å². The van der Waals surface area contributed by atoms with Crippen molar-refractivity contribution in [3.05, 3.63) is 17.7 Å². The summed E-state index contributed by atoms with van der Waals surface area (Å²) in [4.78, 5) is 24.1. The number of hydrogen-bond donors (Lipinski definition) is 1. The van der Waals surface area contributed by atoms with Crippen LogP contribution >= 0.6 is 0 Å². The molecular weight excluding hydrogens is 270 g/mol. The number of ketones is 1. The van der Waals surface area contributed by atoms with Gasteiger partial charge in [0.2, 0.25) is 12.7 Å². The Labute approximate surface area is 123 Å². The van der Waals surface area contributed by atoms with Gasteiger partial charge in [-0.3, -0.25) is 9.59 Å². The van der Waals surface area contributed by atoms with Crippen molar-refractivity contribution in [3.8, 4) is 11.5 Å². The molecule has 1 aromatic rings. The maximum absolute atomic E-state index is 12.3. The molecule has 5 heteroatoms. The Morgan fingerprint density at radius 3 is 2.43 bits per heavy atom. The number of hydrogen-bond acceptors (Lipinski definition) is 4. The zero-order valence-corrected chi connectivity index (χ0v) is 12.1. The van der Waals surface area contributed by atoms with E-state index in [1.807, 2.05) is 0 Å². The third-order valence-electron chi connectivity index (χ3n) is 4.13. The molecule has 3 rings (SSSR count). The summed E-state index contributed by atoms with van der Waals surface area (Å²) >= 11 is 0. The summed E-state index contributed by atoms with van der Waals surface area (Å²) < 4.78 is 10.6. The largest absolute Gasteiger partial charge is 0.454 e. The van der Waals surface area contributed by atoms with Crippen LogP contribution in [0.5, 0.6) is 11.5 Å². The Morgan fingerprint density at radius 2 is 1.76 bits per heavy atom. The molecule has 2 aliphatic rings. The van der Waals surface area contributed by atoms with Crippen LogP contribution < -0.4 is 14.8 Å². The predicted molar refractivity (Wildman–Crippen MR) is 77.8 cm³/mol. The second-order valence-corrected chi connectivity index (χ2v) is 5.63. The molecule has 0 aromatic heterocycles. The summed E-state index contributed by atoms with van der Waals surface area (Å²) in [6.07, 6.45) is 5.24. The van der Waals surface area contributed by atoms with Crippen LogP contribution in [0.4, 0.5) is 5.69 Å². The second kappa shape index (κ2) is 5.76. The SMILES string of the molecule is CC(=O)c1cc2c(cc1NC(=O)C1CCCCC1)OCO2. The van der Waals surface area contributed by atoms with Crippen molar-refractivity contribution in [2.75, 3.05) is 12.1 Å². The Bertz CT molecular complexity index is 576. The summed E-state index contributed by atoms with van der Waals surface area (Å²) in [5.41, 5.74) is 0.978. The molecule has 0 bridgehead atoms. The highest BCUT2D eigenvalue weighted by Gasteiger charge is 2.24. The highest BCUT2D eigenvalue weighted by Crippen LogP contribution is 2.37. The van der Waals surface area contributed by atoms with Crippen LogP contribution in [0.15, 0.2) is 12.1 Å². The minimum Gasteiger partial charge on any atom is -0.454 e. The zero-order valence-electron chi connectivity index (χ0n) is 12.1. The molecule has 0 radical (unpaired) electrons. The van der Waals surface area contributed by atoms with Gasteiger partial charge in [0.05, 0.1) is 5.69 Å². The summed E-state index contributed by atoms with van der Waals surface area (Å²) in [6.45, 7) is 1.63. The number of nitrogens with one attached hydrogen (secondary N) is 1. The standard InChI is InChI=1S/C16H19NO4/c1-10(18)12-7-14-15(21-9-20-14)8-13(12)17-16(19)11-5-3-2-4-6-11/h7-8,11H,2-6,9H2,1H3,(H,17,19). The van der Waals surface area contributed by atoms with Crippen molar-refractivity contribution in [2.24, 2.45) is 5.92 Å². The lowest BCUT2D eigenvalue weighted by molar-refractivity contribution is -0.120. The molecule has 1 heterocycles. The first-order valence-electron chi connectivity index (χ1n) is 7.40. The van der Waals surface area contributed by atoms with Crippen molar-refractivity contribution in [1.29, 1.82) is 0 Å². The van der Waals surface area contributed by atoms with Gasteiger partial charge in [-0.15, -0.1) is 0 Å². The number of anilines is 1. The van der Waals surface area contributed by atoms with Crippen molar-refractivity contribution in [3.63, 3.8) is 0 Å². The van der Waals surface area contributed by atoms with Crippen LogP contribution in [-0.2, 0) is 4.79 Å². The van der Waals surface area contributed by atoms with Gasteiger partial charge in [0.1, 0.15) is 0 Å². The van der Waals surface area contributed by atoms with E-state index in [0.717, 1.165) is 25.7 Å². The lowest BCUT2D eigenvalue weighted by Gasteiger charge is -2.21. The fourth-order valence-corrected chi connectivity index (χ4v) is 2.94. The molecule has 5 nitrogen and oxygen atoms in total. The molecule has 0 spiro atoms. The summed E-state index contributed by atoms with van der Waals surface area (Å²) in [6, 6.07) is 3.32. The van der Waals surface area contributed by atoms with Gasteiger partial charge >= 0.3 is 0 Å². The third kappa shape index (κ3) is 2.86. The number of Topliss-reactive ketones (excluding diaryl/α,β-unsaturated/α-hetero) is 1. The molecule has 1 aliphatic carbocycles. The molecule has 0 unspecified atom stereocenters. The van der Waals surface area contributed by atoms with E-state index < -0.39 is 0 Å². The first-order chi connectivity index (χ1) is 10.1. The molecular formula is C16H19NO4. The number of benzene rings is 1. The van der Waals surface area contributed by atoms with Gasteiger partial charge in [0.25, 0.3) is 0 Å². The number of ether oxygens (including phenoxy) is 2. The van der Waals surface area contributed by atoms with Crippen molar-refractivity contribution in [2.45, 2.75) is 39.0 Å². The van der Waals surface area contributed by atoms with Crippen LogP contribution in [0, 0.1) is 5.92 Å². The highest BCUT2D eigenvalue weighted by molar-refractivity contribution is 6.05. The lowest BCUT2D eigenvalue weighted by atomic mass is 9.88. The normalized spacial score (nSPS) is 17.6. The van der Waals surface area contributed by atoms with Gasteiger partial charge in [-0.05, 0) is 25.8 Å². The summed E-state index contributed by atoms with van der Waals surface area (Å²) in [5.74, 6) is 1.06. The monoisotopic (exact) mass is 289 g/mol. The van der Waals surface area contributed by atoms with E-state index in [0.29, 0.717) is 22.7 Å². The highest BCUT2D eigenvalue weighted by atomic mass is 16.7. The molecule has 1 amide bonds. The number of fused-ring (bicyclic) bond motifs is 1. The van der Waals surface area contributed by atoms with E-state index >= 15 is 0 Å². The zero-order chi connectivity index (χ0) is 14.8. The van der Waals surface area contributed by atoms with E-state index in [1.54, 1.807) is 12.1 Å². The van der Waals surface area contributed by atoms with Gasteiger partial charge in [0.15, 0.2) is 17.3 Å². The number of carbonyl (C=O) groups excluding carboxylic acids is 2. The molecule has 1 aromatic carbocycles. The molecule has 1 saturated carbocycles. The van der Waals surface area contributed by atoms with Crippen LogP contribution in [0.3, 0.4) is 0 Å². The van der Waals surface area contributed by atoms with Gasteiger partial charge in [-0.1, -0.05) is 19.3 Å². The predicted octanol–water partition coefficient (Wildman–Crippen LogP) is 3.14. The number of amides is 1. The maximum atomic E-state index is 12.3. The smallest absolute Gasteiger partial charge is 0.231 e. The Kier molecular flexibility index (Phi) is 3.82.